The van der Waals surface area contributed by atoms with E-state index in [1.54, 1.807) is 6.20 Å². The Labute approximate surface area is 138 Å². The van der Waals surface area contributed by atoms with Crippen LogP contribution in [0.2, 0.25) is 19.6 Å². The summed E-state index contributed by atoms with van der Waals surface area (Å²) in [5, 5.41) is 0.972. The van der Waals surface area contributed by atoms with Crippen molar-refractivity contribution in [2.45, 2.75) is 32.6 Å². The first-order chi connectivity index (χ1) is 10.9. The maximum Gasteiger partial charge on any atom is 0.208 e. The highest BCUT2D eigenvalue weighted by atomic mass is 28.3. The second-order valence-corrected chi connectivity index (χ2v) is 11.6. The molecule has 6 heteroatoms. The highest BCUT2D eigenvalue weighted by Gasteiger charge is 2.23. The van der Waals surface area contributed by atoms with Crippen LogP contribution in [0.1, 0.15) is 12.7 Å². The van der Waals surface area contributed by atoms with Crippen molar-refractivity contribution < 1.29 is 4.74 Å². The van der Waals surface area contributed by atoms with Crippen LogP contribution in [-0.2, 0) is 4.74 Å². The standard InChI is InChI=1S/C17H22N4OSi/c1-13-12-22-10-9-21(13)17-14-6-5-8-18-16(14)19-15(20-17)7-11-23(2,3)4/h5-6,8,13H,9-10,12H2,1-4H3/t13-/m0/s1. The molecule has 0 N–H and O–H groups in total. The Morgan fingerprint density at radius 2 is 2.13 bits per heavy atom. The molecule has 0 saturated carbocycles. The molecule has 2 aromatic rings. The van der Waals surface area contributed by atoms with Crippen molar-refractivity contribution in [3.05, 3.63) is 24.2 Å². The Bertz CT molecular complexity index is 775. The van der Waals surface area contributed by atoms with Crippen LogP contribution in [-0.4, -0.2) is 48.8 Å². The summed E-state index contributed by atoms with van der Waals surface area (Å²) in [6.07, 6.45) is 1.76. The normalized spacial score (nSPS) is 18.6. The lowest BCUT2D eigenvalue weighted by atomic mass is 10.2. The molecule has 0 radical (unpaired) electrons. The summed E-state index contributed by atoms with van der Waals surface area (Å²) in [5.74, 6) is 4.64. The van der Waals surface area contributed by atoms with Gasteiger partial charge in [-0.3, -0.25) is 0 Å². The molecule has 0 spiro atoms. The summed E-state index contributed by atoms with van der Waals surface area (Å²) in [5.41, 5.74) is 4.04. The molecule has 0 aromatic carbocycles. The molecule has 1 atom stereocenters. The van der Waals surface area contributed by atoms with E-state index >= 15 is 0 Å². The summed E-state index contributed by atoms with van der Waals surface area (Å²) < 4.78 is 5.54. The average molecular weight is 326 g/mol. The van der Waals surface area contributed by atoms with Crippen LogP contribution >= 0.6 is 0 Å². The van der Waals surface area contributed by atoms with Gasteiger partial charge < -0.3 is 9.64 Å². The molecule has 1 saturated heterocycles. The van der Waals surface area contributed by atoms with E-state index in [2.05, 4.69) is 52.9 Å². The van der Waals surface area contributed by atoms with Gasteiger partial charge in [0.15, 0.2) is 5.65 Å². The first-order valence-corrected chi connectivity index (χ1v) is 11.4. The first-order valence-electron chi connectivity index (χ1n) is 7.94. The lowest BCUT2D eigenvalue weighted by Crippen LogP contribution is -2.44. The van der Waals surface area contributed by atoms with E-state index in [0.717, 1.165) is 17.7 Å². The molecule has 0 unspecified atom stereocenters. The Kier molecular flexibility index (Phi) is 4.33. The number of aromatic nitrogens is 3. The molecule has 1 aliphatic rings. The summed E-state index contributed by atoms with van der Waals surface area (Å²) in [7, 11) is -1.47. The Balaban J connectivity index is 2.12. The van der Waals surface area contributed by atoms with Gasteiger partial charge in [0.1, 0.15) is 13.9 Å². The lowest BCUT2D eigenvalue weighted by molar-refractivity contribution is 0.0987. The molecule has 5 nitrogen and oxygen atoms in total. The molecule has 23 heavy (non-hydrogen) atoms. The summed E-state index contributed by atoms with van der Waals surface area (Å²) >= 11 is 0. The third kappa shape index (κ3) is 3.68. The zero-order valence-corrected chi connectivity index (χ0v) is 15.1. The fourth-order valence-corrected chi connectivity index (χ4v) is 2.99. The monoisotopic (exact) mass is 326 g/mol. The Hall–Kier alpha value is -1.97. The molecular formula is C17H22N4OSi. The predicted molar refractivity (Wildman–Crippen MR) is 95.2 cm³/mol. The minimum atomic E-state index is -1.47. The Morgan fingerprint density at radius 3 is 2.87 bits per heavy atom. The largest absolute Gasteiger partial charge is 0.377 e. The van der Waals surface area contributed by atoms with Gasteiger partial charge in [0.25, 0.3) is 0 Å². The number of pyridine rings is 1. The second-order valence-electron chi connectivity index (χ2n) is 6.86. The third-order valence-electron chi connectivity index (χ3n) is 3.64. The molecule has 0 aliphatic carbocycles. The summed E-state index contributed by atoms with van der Waals surface area (Å²) in [6.45, 7) is 11.0. The zero-order valence-electron chi connectivity index (χ0n) is 14.1. The first kappa shape index (κ1) is 15.9. The van der Waals surface area contributed by atoms with Crippen LogP contribution in [0.3, 0.4) is 0 Å². The smallest absolute Gasteiger partial charge is 0.208 e. The van der Waals surface area contributed by atoms with E-state index in [1.807, 2.05) is 12.1 Å². The van der Waals surface area contributed by atoms with E-state index in [0.29, 0.717) is 24.7 Å². The molecule has 2 aromatic heterocycles. The van der Waals surface area contributed by atoms with Gasteiger partial charge in [-0.15, -0.1) is 5.54 Å². The maximum absolute atomic E-state index is 5.54. The Morgan fingerprint density at radius 1 is 1.30 bits per heavy atom. The molecule has 1 aliphatic heterocycles. The van der Waals surface area contributed by atoms with Crippen molar-refractivity contribution in [3.8, 4) is 11.5 Å². The van der Waals surface area contributed by atoms with Crippen molar-refractivity contribution in [3.63, 3.8) is 0 Å². The van der Waals surface area contributed by atoms with E-state index in [9.17, 15) is 0 Å². The van der Waals surface area contributed by atoms with Crippen molar-refractivity contribution in [2.75, 3.05) is 24.7 Å². The lowest BCUT2D eigenvalue weighted by Gasteiger charge is -2.34. The van der Waals surface area contributed by atoms with Crippen molar-refractivity contribution >= 4 is 24.9 Å². The number of morpholine rings is 1. The van der Waals surface area contributed by atoms with Crippen molar-refractivity contribution in [2.24, 2.45) is 0 Å². The number of hydrogen-bond donors (Lipinski definition) is 0. The molecule has 1 fully saturated rings. The van der Waals surface area contributed by atoms with Crippen LogP contribution in [0.4, 0.5) is 5.82 Å². The number of fused-ring (bicyclic) bond motifs is 1. The summed E-state index contributed by atoms with van der Waals surface area (Å²) in [6, 6.07) is 4.23. The topological polar surface area (TPSA) is 51.1 Å². The van der Waals surface area contributed by atoms with Gasteiger partial charge >= 0.3 is 0 Å². The number of rotatable bonds is 1. The highest BCUT2D eigenvalue weighted by molar-refractivity contribution is 6.83. The van der Waals surface area contributed by atoms with Gasteiger partial charge in [0.05, 0.1) is 24.6 Å². The fraction of sp³-hybridized carbons (Fsp3) is 0.471. The van der Waals surface area contributed by atoms with Gasteiger partial charge in [-0.2, -0.15) is 0 Å². The molecular weight excluding hydrogens is 304 g/mol. The molecule has 3 rings (SSSR count). The maximum atomic E-state index is 5.54. The number of ether oxygens (including phenoxy) is 1. The minimum absolute atomic E-state index is 0.278. The van der Waals surface area contributed by atoms with E-state index in [-0.39, 0.29) is 6.04 Å². The average Bonchev–Trinajstić information content (AvgIpc) is 2.52. The van der Waals surface area contributed by atoms with Gasteiger partial charge in [-0.05, 0) is 25.0 Å². The van der Waals surface area contributed by atoms with Gasteiger partial charge in [-0.1, -0.05) is 19.6 Å². The quantitative estimate of drug-likeness (QED) is 0.595. The van der Waals surface area contributed by atoms with Crippen LogP contribution in [0.25, 0.3) is 11.0 Å². The number of hydrogen-bond acceptors (Lipinski definition) is 5. The predicted octanol–water partition coefficient (Wildman–Crippen LogP) is 2.48. The third-order valence-corrected chi connectivity index (χ3v) is 4.52. The van der Waals surface area contributed by atoms with Crippen molar-refractivity contribution in [1.29, 1.82) is 0 Å². The highest BCUT2D eigenvalue weighted by Crippen LogP contribution is 2.25. The van der Waals surface area contributed by atoms with Crippen LogP contribution < -0.4 is 4.90 Å². The van der Waals surface area contributed by atoms with E-state index in [1.165, 1.54) is 0 Å². The summed E-state index contributed by atoms with van der Waals surface area (Å²) in [4.78, 5) is 15.9. The minimum Gasteiger partial charge on any atom is -0.377 e. The van der Waals surface area contributed by atoms with E-state index < -0.39 is 8.07 Å². The second kappa shape index (κ2) is 6.26. The molecule has 120 valence electrons. The van der Waals surface area contributed by atoms with E-state index in [4.69, 9.17) is 9.72 Å². The van der Waals surface area contributed by atoms with Gasteiger partial charge in [0.2, 0.25) is 5.82 Å². The van der Waals surface area contributed by atoms with Crippen molar-refractivity contribution in [1.82, 2.24) is 15.0 Å². The SMILES string of the molecule is C[C@H]1COCCN1c1nc(C#C[Si](C)(C)C)nc2ncccc12. The van der Waals surface area contributed by atoms with Gasteiger partial charge in [-0.25, -0.2) is 15.0 Å². The number of anilines is 1. The van der Waals surface area contributed by atoms with Crippen LogP contribution in [0, 0.1) is 11.5 Å². The van der Waals surface area contributed by atoms with Crippen LogP contribution in [0.5, 0.6) is 0 Å². The number of nitrogens with zero attached hydrogens (tertiary/aromatic N) is 4. The van der Waals surface area contributed by atoms with Gasteiger partial charge in [0, 0.05) is 12.7 Å². The molecule has 0 bridgehead atoms. The zero-order chi connectivity index (χ0) is 16.4. The molecule has 3 heterocycles. The fourth-order valence-electron chi connectivity index (χ4n) is 2.51. The van der Waals surface area contributed by atoms with Crippen LogP contribution in [0.15, 0.2) is 18.3 Å². The molecule has 0 amide bonds.